The molecule has 16 heteroatoms. The third kappa shape index (κ3) is 9.51. The molecule has 2 aromatic rings. The molecule has 1 aliphatic carbocycles. The van der Waals surface area contributed by atoms with Gasteiger partial charge < -0.3 is 49.8 Å². The van der Waals surface area contributed by atoms with E-state index in [9.17, 15) is 39.9 Å². The molecule has 1 saturated heterocycles. The largest absolute Gasteiger partial charge is 0.507 e. The van der Waals surface area contributed by atoms with E-state index in [1.54, 1.807) is 20.8 Å². The molecule has 0 aromatic heterocycles. The summed E-state index contributed by atoms with van der Waals surface area (Å²) < 4.78 is 23.4. The van der Waals surface area contributed by atoms with E-state index in [2.05, 4.69) is 21.9 Å². The highest BCUT2D eigenvalue weighted by atomic mass is 16.7. The Morgan fingerprint density at radius 2 is 1.68 bits per heavy atom. The van der Waals surface area contributed by atoms with Gasteiger partial charge in [0, 0.05) is 81.5 Å². The normalized spacial score (nSPS) is 21.8. The molecule has 0 radical (unpaired) electrons. The van der Waals surface area contributed by atoms with E-state index in [4.69, 9.17) is 18.9 Å². The van der Waals surface area contributed by atoms with Gasteiger partial charge in [-0.1, -0.05) is 40.2 Å². The average Bonchev–Trinajstić information content (AvgIpc) is 3.85. The number of ketones is 1. The Bertz CT molecular complexity index is 2000. The summed E-state index contributed by atoms with van der Waals surface area (Å²) in [6.45, 7) is 17.4. The van der Waals surface area contributed by atoms with Crippen molar-refractivity contribution < 1.29 is 58.9 Å². The van der Waals surface area contributed by atoms with Gasteiger partial charge in [-0.05, 0) is 45.6 Å². The van der Waals surface area contributed by atoms with Crippen LogP contribution in [0.4, 0.5) is 5.69 Å². The first-order valence-corrected chi connectivity index (χ1v) is 20.8. The average molecular weight is 839 g/mol. The summed E-state index contributed by atoms with van der Waals surface area (Å²) in [7, 11) is 1.44. The quantitative estimate of drug-likeness (QED) is 0.0300. The minimum absolute atomic E-state index is 0.0592. The third-order valence-corrected chi connectivity index (χ3v) is 12.2. The lowest BCUT2D eigenvalue weighted by Crippen LogP contribution is -2.47. The fourth-order valence-corrected chi connectivity index (χ4v) is 8.44. The number of hydrogen-bond donors (Lipinski definition) is 6. The topological polar surface area (TPSA) is 220 Å². The maximum absolute atomic E-state index is 14.4. The van der Waals surface area contributed by atoms with E-state index >= 15 is 0 Å². The molecule has 6 N–H and O–H groups in total. The fourth-order valence-electron chi connectivity index (χ4n) is 8.44. The zero-order valence-electron chi connectivity index (χ0n) is 36.0. The second-order valence-corrected chi connectivity index (χ2v) is 16.5. The molecule has 7 atom stereocenters. The smallest absolute Gasteiger partial charge is 0.312 e. The zero-order valence-corrected chi connectivity index (χ0v) is 36.0. The van der Waals surface area contributed by atoms with E-state index in [1.807, 2.05) is 5.01 Å². The number of piperazine rings is 1. The molecule has 1 amide bonds. The van der Waals surface area contributed by atoms with Crippen molar-refractivity contribution >= 4 is 40.3 Å². The first-order chi connectivity index (χ1) is 28.3. The van der Waals surface area contributed by atoms with Crippen LogP contribution in [0.5, 0.6) is 23.0 Å². The van der Waals surface area contributed by atoms with Crippen LogP contribution in [0.25, 0.3) is 10.8 Å². The first kappa shape index (κ1) is 46.2. The Labute approximate surface area is 351 Å². The molecule has 5 rings (SSSR count). The van der Waals surface area contributed by atoms with Crippen LogP contribution >= 0.6 is 0 Å². The Kier molecular flexibility index (Phi) is 14.8. The summed E-state index contributed by atoms with van der Waals surface area (Å²) in [5.41, 5.74) is -0.346. The number of methoxy groups -OCH3 is 1. The standard InChI is InChI=1S/C44H62N4O12/c1-10-29(50)21-31(51)24(4)40(59-27(7)49)25(5)32(57-9)15-20-58-44(8)42(55)35-33-34(37(52)26(6)41(35)60-44)39(54)36(46-43(56)23(2)3)30(38(33)53)22-45-48-18-16-47(17-19-48)28-13-11-12-14-28/h15,20,22,24-25,28-29,31-32,40,50-54H,2,10-14,16-19,21H2,1,3-9H3,(H,46,56)/t24-,25-,29+,31-,32+,40+,44+/m1/s1. The second-order valence-electron chi connectivity index (χ2n) is 16.5. The highest BCUT2D eigenvalue weighted by Crippen LogP contribution is 2.55. The summed E-state index contributed by atoms with van der Waals surface area (Å²) in [6.07, 6.45) is 6.04. The van der Waals surface area contributed by atoms with Crippen molar-refractivity contribution in [2.24, 2.45) is 16.9 Å². The molecular weight excluding hydrogens is 777 g/mol. The van der Waals surface area contributed by atoms with Gasteiger partial charge in [0.25, 0.3) is 11.7 Å². The molecule has 0 unspecified atom stereocenters. The molecule has 330 valence electrons. The van der Waals surface area contributed by atoms with Gasteiger partial charge in [0.15, 0.2) is 5.75 Å². The number of phenols is 3. The summed E-state index contributed by atoms with van der Waals surface area (Å²) in [6, 6.07) is 0.565. The number of aliphatic hydroxyl groups excluding tert-OH is 2. The zero-order chi connectivity index (χ0) is 44.2. The Morgan fingerprint density at radius 3 is 2.27 bits per heavy atom. The van der Waals surface area contributed by atoms with Crippen molar-refractivity contribution in [1.29, 1.82) is 0 Å². The summed E-state index contributed by atoms with van der Waals surface area (Å²) in [5, 5.41) is 64.9. The van der Waals surface area contributed by atoms with Gasteiger partial charge in [0.1, 0.15) is 23.4 Å². The summed E-state index contributed by atoms with van der Waals surface area (Å²) >= 11 is 0. The predicted molar refractivity (Wildman–Crippen MR) is 225 cm³/mol. The Hall–Kier alpha value is -4.90. The van der Waals surface area contributed by atoms with Crippen LogP contribution in [0.1, 0.15) is 102 Å². The molecule has 2 aliphatic heterocycles. The van der Waals surface area contributed by atoms with E-state index < -0.39 is 76.9 Å². The molecule has 16 nitrogen and oxygen atoms in total. The monoisotopic (exact) mass is 838 g/mol. The number of carbonyl (C=O) groups is 3. The van der Waals surface area contributed by atoms with Crippen LogP contribution in [0.3, 0.4) is 0 Å². The second kappa shape index (κ2) is 19.2. The number of Topliss-reactive ketones (excluding diaryl/α,β-unsaturated/α-hetero) is 1. The van der Waals surface area contributed by atoms with E-state index in [-0.39, 0.29) is 50.9 Å². The third-order valence-electron chi connectivity index (χ3n) is 12.2. The maximum Gasteiger partial charge on any atom is 0.312 e. The molecule has 0 bridgehead atoms. The Balaban J connectivity index is 1.48. The van der Waals surface area contributed by atoms with Gasteiger partial charge in [-0.2, -0.15) is 5.10 Å². The lowest BCUT2D eigenvalue weighted by Gasteiger charge is -2.36. The number of ether oxygens (including phenoxy) is 4. The molecule has 2 fully saturated rings. The van der Waals surface area contributed by atoms with Crippen LogP contribution in [-0.2, 0) is 23.8 Å². The number of fused-ring (bicyclic) bond motifs is 3. The van der Waals surface area contributed by atoms with Crippen molar-refractivity contribution in [3.63, 3.8) is 0 Å². The number of nitrogens with zero attached hydrogens (tertiary/aromatic N) is 3. The number of amides is 1. The highest BCUT2D eigenvalue weighted by molar-refractivity contribution is 6.23. The fraction of sp³-hybridized carbons (Fsp3) is 0.591. The lowest BCUT2D eigenvalue weighted by atomic mass is 9.84. The molecule has 0 spiro atoms. The van der Waals surface area contributed by atoms with Crippen molar-refractivity contribution in [2.75, 3.05) is 38.6 Å². The lowest BCUT2D eigenvalue weighted by molar-refractivity contribution is -0.158. The van der Waals surface area contributed by atoms with Gasteiger partial charge in [-0.15, -0.1) is 0 Å². The summed E-state index contributed by atoms with van der Waals surface area (Å²) in [5.74, 6) is -6.91. The minimum Gasteiger partial charge on any atom is -0.507 e. The number of hydrazone groups is 1. The van der Waals surface area contributed by atoms with Crippen molar-refractivity contribution in [3.8, 4) is 23.0 Å². The highest BCUT2D eigenvalue weighted by Gasteiger charge is 2.50. The molecule has 2 aromatic carbocycles. The number of nitrogens with one attached hydrogen (secondary N) is 1. The number of carbonyl (C=O) groups excluding carboxylic acids is 3. The van der Waals surface area contributed by atoms with E-state index in [1.165, 1.54) is 79.0 Å². The SMILES string of the molecule is C=C(C)C(=O)Nc1c(C=NN2CCN(C3CCCC3)CC2)c(O)c2c3c(c(C)c(O)c2c1O)O[C@](C)(OC=C[C@H](OC)[C@@H](C)[C@@H](OC(C)=O)[C@H](C)[C@H](O)C[C@@H](O)CC)C3=O. The number of phenolic OH excluding ortho intramolecular Hbond substituents is 3. The molecule has 3 aliphatic rings. The van der Waals surface area contributed by atoms with Gasteiger partial charge in [-0.25, -0.2) is 0 Å². The first-order valence-electron chi connectivity index (χ1n) is 20.8. The summed E-state index contributed by atoms with van der Waals surface area (Å²) in [4.78, 5) is 42.0. The van der Waals surface area contributed by atoms with Crippen LogP contribution in [0.2, 0.25) is 0 Å². The number of esters is 1. The van der Waals surface area contributed by atoms with Gasteiger partial charge in [0.05, 0.1) is 53.0 Å². The van der Waals surface area contributed by atoms with Crippen LogP contribution in [0.15, 0.2) is 29.6 Å². The van der Waals surface area contributed by atoms with Gasteiger partial charge in [0.2, 0.25) is 0 Å². The van der Waals surface area contributed by atoms with Crippen molar-refractivity contribution in [3.05, 3.63) is 41.2 Å². The predicted octanol–water partition coefficient (Wildman–Crippen LogP) is 5.24. The van der Waals surface area contributed by atoms with Crippen molar-refractivity contribution in [2.45, 2.75) is 123 Å². The molecule has 1 saturated carbocycles. The van der Waals surface area contributed by atoms with Crippen LogP contribution in [-0.4, -0.2) is 129 Å². The van der Waals surface area contributed by atoms with Crippen LogP contribution in [0, 0.1) is 18.8 Å². The molecular formula is C44H62N4O12. The maximum atomic E-state index is 14.4. The number of benzene rings is 2. The minimum atomic E-state index is -2.04. The number of aliphatic hydroxyl groups is 2. The van der Waals surface area contributed by atoms with Gasteiger partial charge in [-0.3, -0.25) is 24.3 Å². The number of aromatic hydroxyl groups is 3. The Morgan fingerprint density at radius 1 is 1.03 bits per heavy atom. The van der Waals surface area contributed by atoms with Crippen LogP contribution < -0.4 is 10.1 Å². The van der Waals surface area contributed by atoms with Gasteiger partial charge >= 0.3 is 11.8 Å². The number of hydrogen-bond acceptors (Lipinski definition) is 15. The van der Waals surface area contributed by atoms with Crippen molar-refractivity contribution in [1.82, 2.24) is 9.91 Å². The number of rotatable bonds is 17. The molecule has 2 heterocycles. The molecule has 60 heavy (non-hydrogen) atoms. The van der Waals surface area contributed by atoms with E-state index in [0.717, 1.165) is 13.1 Å². The number of anilines is 1. The van der Waals surface area contributed by atoms with E-state index in [0.29, 0.717) is 25.6 Å².